The highest BCUT2D eigenvalue weighted by molar-refractivity contribution is 5.91. The summed E-state index contributed by atoms with van der Waals surface area (Å²) in [5.41, 5.74) is 2.83. The number of furan rings is 1. The van der Waals surface area contributed by atoms with E-state index in [0.717, 1.165) is 51.3 Å². The number of amides is 1. The molecule has 2 aliphatic rings. The molecule has 1 atom stereocenters. The van der Waals surface area contributed by atoms with Crippen molar-refractivity contribution >= 4 is 5.91 Å². The fraction of sp³-hybridized carbons (Fsp3) is 0.500. The number of carbonyl (C=O) groups excluding carboxylic acids is 1. The van der Waals surface area contributed by atoms with Gasteiger partial charge in [0, 0.05) is 32.8 Å². The SMILES string of the molecule is CCN(C[C@H]1CCCO1)C(=O)c1ccc(CN2CCc3ccccc3C2)o1. The highest BCUT2D eigenvalue weighted by atomic mass is 16.5. The monoisotopic (exact) mass is 368 g/mol. The lowest BCUT2D eigenvalue weighted by Crippen LogP contribution is -2.37. The van der Waals surface area contributed by atoms with Crippen LogP contribution in [-0.4, -0.2) is 48.1 Å². The van der Waals surface area contributed by atoms with Crippen molar-refractivity contribution in [3.8, 4) is 0 Å². The molecule has 2 aliphatic heterocycles. The summed E-state index contributed by atoms with van der Waals surface area (Å²) in [4.78, 5) is 17.0. The van der Waals surface area contributed by atoms with Crippen LogP contribution in [0, 0.1) is 0 Å². The second kappa shape index (κ2) is 8.28. The number of hydrogen-bond acceptors (Lipinski definition) is 4. The van der Waals surface area contributed by atoms with Crippen LogP contribution in [0.2, 0.25) is 0 Å². The minimum absolute atomic E-state index is 0.0387. The van der Waals surface area contributed by atoms with Gasteiger partial charge in [-0.1, -0.05) is 24.3 Å². The quantitative estimate of drug-likeness (QED) is 0.783. The molecule has 1 fully saturated rings. The second-order valence-corrected chi connectivity index (χ2v) is 7.47. The first-order valence-corrected chi connectivity index (χ1v) is 10.0. The summed E-state index contributed by atoms with van der Waals surface area (Å²) in [5.74, 6) is 1.25. The van der Waals surface area contributed by atoms with E-state index in [1.165, 1.54) is 11.1 Å². The third-order valence-electron chi connectivity index (χ3n) is 5.58. The molecule has 1 saturated heterocycles. The number of likely N-dealkylation sites (N-methyl/N-ethyl adjacent to an activating group) is 1. The van der Waals surface area contributed by atoms with Crippen molar-refractivity contribution in [2.45, 2.75) is 45.4 Å². The summed E-state index contributed by atoms with van der Waals surface area (Å²) >= 11 is 0. The molecule has 0 spiro atoms. The first kappa shape index (κ1) is 18.3. The van der Waals surface area contributed by atoms with Crippen LogP contribution < -0.4 is 0 Å². The lowest BCUT2D eigenvalue weighted by atomic mass is 10.00. The molecule has 3 heterocycles. The smallest absolute Gasteiger partial charge is 0.289 e. The zero-order valence-corrected chi connectivity index (χ0v) is 16.0. The summed E-state index contributed by atoms with van der Waals surface area (Å²) in [5, 5.41) is 0. The Morgan fingerprint density at radius 3 is 2.85 bits per heavy atom. The van der Waals surface area contributed by atoms with Gasteiger partial charge in [-0.2, -0.15) is 0 Å². The molecule has 1 aromatic carbocycles. The van der Waals surface area contributed by atoms with Gasteiger partial charge in [-0.25, -0.2) is 0 Å². The maximum atomic E-state index is 12.8. The van der Waals surface area contributed by atoms with E-state index in [4.69, 9.17) is 9.15 Å². The molecular formula is C22H28N2O3. The minimum Gasteiger partial charge on any atom is -0.455 e. The Labute approximate surface area is 160 Å². The van der Waals surface area contributed by atoms with E-state index < -0.39 is 0 Å². The third-order valence-corrected chi connectivity index (χ3v) is 5.58. The first-order valence-electron chi connectivity index (χ1n) is 10.0. The van der Waals surface area contributed by atoms with E-state index in [2.05, 4.69) is 29.2 Å². The van der Waals surface area contributed by atoms with Crippen LogP contribution >= 0.6 is 0 Å². The van der Waals surface area contributed by atoms with E-state index in [0.29, 0.717) is 18.8 Å². The van der Waals surface area contributed by atoms with Crippen molar-refractivity contribution in [2.24, 2.45) is 0 Å². The maximum absolute atomic E-state index is 12.8. The maximum Gasteiger partial charge on any atom is 0.289 e. The number of nitrogens with zero attached hydrogens (tertiary/aromatic N) is 2. The van der Waals surface area contributed by atoms with Gasteiger partial charge < -0.3 is 14.1 Å². The molecule has 27 heavy (non-hydrogen) atoms. The van der Waals surface area contributed by atoms with Crippen LogP contribution in [0.5, 0.6) is 0 Å². The number of fused-ring (bicyclic) bond motifs is 1. The van der Waals surface area contributed by atoms with Crippen molar-refractivity contribution in [2.75, 3.05) is 26.2 Å². The van der Waals surface area contributed by atoms with E-state index in [-0.39, 0.29) is 12.0 Å². The molecule has 0 unspecified atom stereocenters. The Hall–Kier alpha value is -2.11. The van der Waals surface area contributed by atoms with Gasteiger partial charge in [0.05, 0.1) is 12.6 Å². The van der Waals surface area contributed by atoms with Crippen LogP contribution in [0.4, 0.5) is 0 Å². The molecule has 0 saturated carbocycles. The fourth-order valence-electron chi connectivity index (χ4n) is 4.03. The molecular weight excluding hydrogens is 340 g/mol. The normalized spacial score (nSPS) is 19.8. The molecule has 0 radical (unpaired) electrons. The van der Waals surface area contributed by atoms with Gasteiger partial charge in [0.15, 0.2) is 5.76 Å². The average molecular weight is 368 g/mol. The van der Waals surface area contributed by atoms with Gasteiger partial charge in [0.1, 0.15) is 5.76 Å². The number of carbonyl (C=O) groups is 1. The molecule has 5 heteroatoms. The van der Waals surface area contributed by atoms with E-state index in [9.17, 15) is 4.79 Å². The van der Waals surface area contributed by atoms with E-state index in [1.54, 1.807) is 0 Å². The summed E-state index contributed by atoms with van der Waals surface area (Å²) in [6.45, 7) is 6.80. The van der Waals surface area contributed by atoms with E-state index >= 15 is 0 Å². The Morgan fingerprint density at radius 2 is 2.07 bits per heavy atom. The molecule has 4 rings (SSSR count). The molecule has 0 N–H and O–H groups in total. The van der Waals surface area contributed by atoms with Gasteiger partial charge in [0.25, 0.3) is 5.91 Å². The lowest BCUT2D eigenvalue weighted by Gasteiger charge is -2.27. The minimum atomic E-state index is -0.0387. The summed E-state index contributed by atoms with van der Waals surface area (Å²) < 4.78 is 11.6. The highest BCUT2D eigenvalue weighted by Crippen LogP contribution is 2.22. The predicted octanol–water partition coefficient (Wildman–Crippen LogP) is 3.48. The van der Waals surface area contributed by atoms with Gasteiger partial charge in [-0.05, 0) is 49.4 Å². The van der Waals surface area contributed by atoms with Crippen LogP contribution in [-0.2, 0) is 24.2 Å². The molecule has 2 aromatic rings. The number of rotatable bonds is 6. The molecule has 0 bridgehead atoms. The standard InChI is InChI=1S/C22H28N2O3/c1-2-24(16-19-8-5-13-26-19)22(25)21-10-9-20(27-21)15-23-12-11-17-6-3-4-7-18(17)14-23/h3-4,6-7,9-10,19H,2,5,8,11-16H2,1H3/t19-/m1/s1. The first-order chi connectivity index (χ1) is 13.2. The summed E-state index contributed by atoms with van der Waals surface area (Å²) in [6.07, 6.45) is 3.34. The molecule has 5 nitrogen and oxygen atoms in total. The zero-order chi connectivity index (χ0) is 18.6. The van der Waals surface area contributed by atoms with Gasteiger partial charge in [-0.15, -0.1) is 0 Å². The predicted molar refractivity (Wildman–Crippen MR) is 104 cm³/mol. The summed E-state index contributed by atoms with van der Waals surface area (Å²) in [7, 11) is 0. The Morgan fingerprint density at radius 1 is 1.22 bits per heavy atom. The van der Waals surface area contributed by atoms with Crippen molar-refractivity contribution in [3.63, 3.8) is 0 Å². The second-order valence-electron chi connectivity index (χ2n) is 7.47. The van der Waals surface area contributed by atoms with Crippen molar-refractivity contribution in [3.05, 3.63) is 59.0 Å². The van der Waals surface area contributed by atoms with Crippen molar-refractivity contribution in [1.82, 2.24) is 9.80 Å². The Kier molecular flexibility index (Phi) is 5.60. The van der Waals surface area contributed by atoms with Gasteiger partial charge in [0.2, 0.25) is 0 Å². The molecule has 1 amide bonds. The number of ether oxygens (including phenoxy) is 1. The highest BCUT2D eigenvalue weighted by Gasteiger charge is 2.25. The van der Waals surface area contributed by atoms with Crippen LogP contribution in [0.3, 0.4) is 0 Å². The van der Waals surface area contributed by atoms with Crippen molar-refractivity contribution in [1.29, 1.82) is 0 Å². The zero-order valence-electron chi connectivity index (χ0n) is 16.0. The van der Waals surface area contributed by atoms with Crippen LogP contribution in [0.1, 0.15) is 47.2 Å². The summed E-state index contributed by atoms with van der Waals surface area (Å²) in [6, 6.07) is 12.4. The lowest BCUT2D eigenvalue weighted by molar-refractivity contribution is 0.0513. The number of hydrogen-bond donors (Lipinski definition) is 0. The van der Waals surface area contributed by atoms with Crippen molar-refractivity contribution < 1.29 is 13.9 Å². The largest absolute Gasteiger partial charge is 0.455 e. The van der Waals surface area contributed by atoms with Crippen LogP contribution in [0.15, 0.2) is 40.8 Å². The van der Waals surface area contributed by atoms with Gasteiger partial charge in [-0.3, -0.25) is 9.69 Å². The Bertz CT molecular complexity index is 779. The average Bonchev–Trinajstić information content (AvgIpc) is 3.37. The molecule has 1 aromatic heterocycles. The number of benzene rings is 1. The van der Waals surface area contributed by atoms with E-state index in [1.807, 2.05) is 24.0 Å². The van der Waals surface area contributed by atoms with Crippen LogP contribution in [0.25, 0.3) is 0 Å². The van der Waals surface area contributed by atoms with Gasteiger partial charge >= 0.3 is 0 Å². The Balaban J connectivity index is 1.37. The fourth-order valence-corrected chi connectivity index (χ4v) is 4.03. The molecule has 144 valence electrons. The topological polar surface area (TPSA) is 45.9 Å². The molecule has 0 aliphatic carbocycles. The third kappa shape index (κ3) is 4.25.